The topological polar surface area (TPSA) is 41.1 Å². The van der Waals surface area contributed by atoms with Gasteiger partial charge in [-0.05, 0) is 63.6 Å². The molecule has 0 heterocycles. The molecule has 0 spiro atoms. The number of nitrogens with one attached hydrogen (secondary N) is 2. The van der Waals surface area contributed by atoms with E-state index in [2.05, 4.69) is 31.4 Å². The molecule has 0 aliphatic heterocycles. The smallest absolute Gasteiger partial charge is 0.255 e. The Labute approximate surface area is 126 Å². The molecule has 2 aromatic carbocycles. The SMILES string of the molecule is Cc1cccc(NC(=O)c2cccc(NC(C)(C)C)c2)c1. The van der Waals surface area contributed by atoms with E-state index in [1.54, 1.807) is 0 Å². The van der Waals surface area contributed by atoms with Crippen molar-refractivity contribution >= 4 is 17.3 Å². The van der Waals surface area contributed by atoms with Crippen LogP contribution in [0.3, 0.4) is 0 Å². The van der Waals surface area contributed by atoms with Gasteiger partial charge >= 0.3 is 0 Å². The number of amides is 1. The minimum Gasteiger partial charge on any atom is -0.380 e. The Morgan fingerprint density at radius 2 is 1.62 bits per heavy atom. The first-order valence-corrected chi connectivity index (χ1v) is 7.10. The molecule has 3 heteroatoms. The van der Waals surface area contributed by atoms with Gasteiger partial charge in [-0.3, -0.25) is 4.79 Å². The number of anilines is 2. The molecule has 0 atom stereocenters. The largest absolute Gasteiger partial charge is 0.380 e. The third-order valence-electron chi connectivity index (χ3n) is 2.92. The van der Waals surface area contributed by atoms with Gasteiger partial charge in [0.05, 0.1) is 0 Å². The minimum absolute atomic E-state index is 0.0361. The van der Waals surface area contributed by atoms with Gasteiger partial charge in [-0.15, -0.1) is 0 Å². The van der Waals surface area contributed by atoms with Crippen LogP contribution in [0.15, 0.2) is 48.5 Å². The number of rotatable bonds is 3. The zero-order valence-corrected chi connectivity index (χ0v) is 13.0. The fourth-order valence-electron chi connectivity index (χ4n) is 2.10. The van der Waals surface area contributed by atoms with Crippen LogP contribution in [0.4, 0.5) is 11.4 Å². The molecule has 0 radical (unpaired) electrons. The molecule has 0 aliphatic rings. The van der Waals surface area contributed by atoms with E-state index in [1.807, 2.05) is 55.5 Å². The summed E-state index contributed by atoms with van der Waals surface area (Å²) in [6.07, 6.45) is 0. The van der Waals surface area contributed by atoms with Crippen LogP contribution in [0.5, 0.6) is 0 Å². The Kier molecular flexibility index (Phi) is 4.32. The van der Waals surface area contributed by atoms with Gasteiger partial charge in [-0.1, -0.05) is 18.2 Å². The summed E-state index contributed by atoms with van der Waals surface area (Å²) in [4.78, 5) is 12.3. The zero-order chi connectivity index (χ0) is 15.5. The fourth-order valence-corrected chi connectivity index (χ4v) is 2.10. The summed E-state index contributed by atoms with van der Waals surface area (Å²) in [7, 11) is 0. The fraction of sp³-hybridized carbons (Fsp3) is 0.278. The molecule has 2 aromatic rings. The number of benzene rings is 2. The lowest BCUT2D eigenvalue weighted by Crippen LogP contribution is -2.26. The maximum atomic E-state index is 12.3. The van der Waals surface area contributed by atoms with Crippen LogP contribution < -0.4 is 10.6 Å². The Bertz CT molecular complexity index is 642. The Morgan fingerprint density at radius 3 is 2.29 bits per heavy atom. The third kappa shape index (κ3) is 4.63. The first-order valence-electron chi connectivity index (χ1n) is 7.10. The highest BCUT2D eigenvalue weighted by Gasteiger charge is 2.11. The molecule has 0 saturated carbocycles. The molecule has 0 saturated heterocycles. The molecule has 0 unspecified atom stereocenters. The maximum Gasteiger partial charge on any atom is 0.255 e. The second kappa shape index (κ2) is 6.00. The van der Waals surface area contributed by atoms with Crippen LogP contribution in [0, 0.1) is 6.92 Å². The van der Waals surface area contributed by atoms with Crippen molar-refractivity contribution < 1.29 is 4.79 Å². The molecule has 2 N–H and O–H groups in total. The maximum absolute atomic E-state index is 12.3. The molecule has 110 valence electrons. The van der Waals surface area contributed by atoms with E-state index in [0.717, 1.165) is 16.9 Å². The zero-order valence-electron chi connectivity index (χ0n) is 13.0. The van der Waals surface area contributed by atoms with Crippen molar-refractivity contribution in [1.29, 1.82) is 0 Å². The van der Waals surface area contributed by atoms with E-state index in [1.165, 1.54) is 0 Å². The molecule has 0 fully saturated rings. The minimum atomic E-state index is -0.0989. The average molecular weight is 282 g/mol. The Morgan fingerprint density at radius 1 is 0.952 bits per heavy atom. The lowest BCUT2D eigenvalue weighted by Gasteiger charge is -2.22. The number of aryl methyl sites for hydroxylation is 1. The van der Waals surface area contributed by atoms with Crippen LogP contribution in [-0.2, 0) is 0 Å². The van der Waals surface area contributed by atoms with Crippen molar-refractivity contribution in [2.45, 2.75) is 33.2 Å². The van der Waals surface area contributed by atoms with Gasteiger partial charge in [0.2, 0.25) is 0 Å². The van der Waals surface area contributed by atoms with Gasteiger partial charge in [0.1, 0.15) is 0 Å². The second-order valence-electron chi connectivity index (χ2n) is 6.28. The predicted octanol–water partition coefficient (Wildman–Crippen LogP) is 4.46. The quantitative estimate of drug-likeness (QED) is 0.872. The van der Waals surface area contributed by atoms with Crippen molar-refractivity contribution in [2.24, 2.45) is 0 Å². The van der Waals surface area contributed by atoms with Gasteiger partial charge in [0.15, 0.2) is 0 Å². The predicted molar refractivity (Wildman–Crippen MR) is 88.9 cm³/mol. The van der Waals surface area contributed by atoms with Crippen LogP contribution in [0.25, 0.3) is 0 Å². The van der Waals surface area contributed by atoms with Crippen molar-refractivity contribution in [2.75, 3.05) is 10.6 Å². The van der Waals surface area contributed by atoms with Gasteiger partial charge < -0.3 is 10.6 Å². The van der Waals surface area contributed by atoms with Crippen LogP contribution in [-0.4, -0.2) is 11.4 Å². The summed E-state index contributed by atoms with van der Waals surface area (Å²) in [5, 5.41) is 6.29. The first-order chi connectivity index (χ1) is 9.83. The summed E-state index contributed by atoms with van der Waals surface area (Å²) in [6, 6.07) is 15.3. The van der Waals surface area contributed by atoms with E-state index in [0.29, 0.717) is 5.56 Å². The molecule has 3 nitrogen and oxygen atoms in total. The summed E-state index contributed by atoms with van der Waals surface area (Å²) in [6.45, 7) is 8.27. The van der Waals surface area contributed by atoms with Gasteiger partial charge in [0.25, 0.3) is 5.91 Å². The molecule has 0 aliphatic carbocycles. The van der Waals surface area contributed by atoms with E-state index < -0.39 is 0 Å². The first kappa shape index (κ1) is 15.1. The lowest BCUT2D eigenvalue weighted by molar-refractivity contribution is 0.102. The number of carbonyl (C=O) groups excluding carboxylic acids is 1. The van der Waals surface area contributed by atoms with Crippen LogP contribution >= 0.6 is 0 Å². The molecule has 21 heavy (non-hydrogen) atoms. The highest BCUT2D eigenvalue weighted by atomic mass is 16.1. The van der Waals surface area contributed by atoms with Crippen LogP contribution in [0.2, 0.25) is 0 Å². The number of carbonyl (C=O) groups is 1. The van der Waals surface area contributed by atoms with Gasteiger partial charge in [-0.2, -0.15) is 0 Å². The Balaban J connectivity index is 2.14. The molecule has 0 aromatic heterocycles. The summed E-state index contributed by atoms with van der Waals surface area (Å²) in [5.41, 5.74) is 3.49. The van der Waals surface area contributed by atoms with E-state index in [9.17, 15) is 4.79 Å². The number of hydrogen-bond donors (Lipinski definition) is 2. The van der Waals surface area contributed by atoms with Crippen molar-refractivity contribution in [3.05, 3.63) is 59.7 Å². The summed E-state index contributed by atoms with van der Waals surface area (Å²) in [5.74, 6) is -0.0989. The van der Waals surface area contributed by atoms with E-state index in [-0.39, 0.29) is 11.4 Å². The highest BCUT2D eigenvalue weighted by molar-refractivity contribution is 6.04. The van der Waals surface area contributed by atoms with Gasteiger partial charge in [0, 0.05) is 22.5 Å². The molecule has 2 rings (SSSR count). The Hall–Kier alpha value is -2.29. The monoisotopic (exact) mass is 282 g/mol. The molecule has 1 amide bonds. The molecular formula is C18H22N2O. The van der Waals surface area contributed by atoms with E-state index in [4.69, 9.17) is 0 Å². The highest BCUT2D eigenvalue weighted by Crippen LogP contribution is 2.17. The standard InChI is InChI=1S/C18H22N2O/c1-13-7-5-9-15(11-13)19-17(21)14-8-6-10-16(12-14)20-18(2,3)4/h5-12,20H,1-4H3,(H,19,21). The molecular weight excluding hydrogens is 260 g/mol. The summed E-state index contributed by atoms with van der Waals surface area (Å²) >= 11 is 0. The third-order valence-corrected chi connectivity index (χ3v) is 2.92. The normalized spacial score (nSPS) is 11.0. The van der Waals surface area contributed by atoms with Crippen LogP contribution in [0.1, 0.15) is 36.7 Å². The average Bonchev–Trinajstić information content (AvgIpc) is 2.37. The second-order valence-corrected chi connectivity index (χ2v) is 6.28. The number of hydrogen-bond acceptors (Lipinski definition) is 2. The molecule has 0 bridgehead atoms. The van der Waals surface area contributed by atoms with Gasteiger partial charge in [-0.25, -0.2) is 0 Å². The van der Waals surface area contributed by atoms with Crippen molar-refractivity contribution in [1.82, 2.24) is 0 Å². The van der Waals surface area contributed by atoms with Crippen molar-refractivity contribution in [3.63, 3.8) is 0 Å². The van der Waals surface area contributed by atoms with E-state index >= 15 is 0 Å². The lowest BCUT2D eigenvalue weighted by atomic mass is 10.1. The summed E-state index contributed by atoms with van der Waals surface area (Å²) < 4.78 is 0. The van der Waals surface area contributed by atoms with Crippen molar-refractivity contribution in [3.8, 4) is 0 Å².